The van der Waals surface area contributed by atoms with Gasteiger partial charge in [-0.15, -0.1) is 0 Å². The summed E-state index contributed by atoms with van der Waals surface area (Å²) in [4.78, 5) is 18.7. The van der Waals surface area contributed by atoms with Gasteiger partial charge in [0.15, 0.2) is 11.5 Å². The van der Waals surface area contributed by atoms with Gasteiger partial charge in [-0.2, -0.15) is 0 Å². The number of nitrogens with one attached hydrogen (secondary N) is 1. The van der Waals surface area contributed by atoms with E-state index in [1.54, 1.807) is 0 Å². The molecule has 1 amide bonds. The number of hydrogen-bond donors (Lipinski definition) is 1. The van der Waals surface area contributed by atoms with Crippen LogP contribution in [0.5, 0.6) is 0 Å². The van der Waals surface area contributed by atoms with E-state index in [1.807, 2.05) is 24.3 Å². The first-order valence-electron chi connectivity index (χ1n) is 8.07. The number of hydrogen-bond acceptors (Lipinski definition) is 4. The molecule has 118 valence electrons. The molecule has 1 aromatic heterocycles. The number of amides is 1. The minimum absolute atomic E-state index is 0.0878. The fourth-order valence-electron chi connectivity index (χ4n) is 2.97. The maximum absolute atomic E-state index is 12.0. The standard InChI is InChI=1S/C17H23N3O2/c1-13-6-4-5-11-20(13)12-16(21)18-10-9-17-19-14-7-2-3-8-15(14)22-17/h2-3,7-8,13H,4-6,9-12H2,1H3,(H,18,21)/t13-/m0/s1. The zero-order valence-corrected chi connectivity index (χ0v) is 13.0. The molecule has 3 rings (SSSR count). The molecule has 5 heteroatoms. The number of rotatable bonds is 5. The molecule has 0 radical (unpaired) electrons. The molecule has 0 aliphatic carbocycles. The van der Waals surface area contributed by atoms with E-state index in [9.17, 15) is 4.79 Å². The van der Waals surface area contributed by atoms with E-state index < -0.39 is 0 Å². The molecular formula is C17H23N3O2. The third-order valence-electron chi connectivity index (χ3n) is 4.29. The Morgan fingerprint density at radius 3 is 3.09 bits per heavy atom. The third kappa shape index (κ3) is 3.65. The molecule has 1 N–H and O–H groups in total. The van der Waals surface area contributed by atoms with Crippen LogP contribution in [0.15, 0.2) is 28.7 Å². The molecule has 1 fully saturated rings. The average Bonchev–Trinajstić information content (AvgIpc) is 2.92. The Morgan fingerprint density at radius 1 is 1.41 bits per heavy atom. The smallest absolute Gasteiger partial charge is 0.234 e. The summed E-state index contributed by atoms with van der Waals surface area (Å²) >= 11 is 0. The van der Waals surface area contributed by atoms with Gasteiger partial charge < -0.3 is 9.73 Å². The molecule has 1 atom stereocenters. The highest BCUT2D eigenvalue weighted by molar-refractivity contribution is 5.78. The van der Waals surface area contributed by atoms with Crippen molar-refractivity contribution in [2.24, 2.45) is 0 Å². The predicted molar refractivity (Wildman–Crippen MR) is 85.6 cm³/mol. The summed E-state index contributed by atoms with van der Waals surface area (Å²) in [5.41, 5.74) is 1.66. The Balaban J connectivity index is 1.45. The van der Waals surface area contributed by atoms with E-state index in [1.165, 1.54) is 19.3 Å². The Morgan fingerprint density at radius 2 is 2.27 bits per heavy atom. The van der Waals surface area contributed by atoms with E-state index in [2.05, 4.69) is 22.1 Å². The number of likely N-dealkylation sites (tertiary alicyclic amines) is 1. The number of aromatic nitrogens is 1. The minimum Gasteiger partial charge on any atom is -0.441 e. The minimum atomic E-state index is 0.0878. The number of benzene rings is 1. The van der Waals surface area contributed by atoms with Crippen LogP contribution < -0.4 is 5.32 Å². The lowest BCUT2D eigenvalue weighted by Gasteiger charge is -2.32. The van der Waals surface area contributed by atoms with E-state index in [0.717, 1.165) is 17.6 Å². The van der Waals surface area contributed by atoms with E-state index in [4.69, 9.17) is 4.42 Å². The second-order valence-electron chi connectivity index (χ2n) is 5.99. The van der Waals surface area contributed by atoms with Crippen molar-refractivity contribution in [2.75, 3.05) is 19.6 Å². The maximum atomic E-state index is 12.0. The second-order valence-corrected chi connectivity index (χ2v) is 5.99. The monoisotopic (exact) mass is 301 g/mol. The van der Waals surface area contributed by atoms with Crippen molar-refractivity contribution in [3.63, 3.8) is 0 Å². The number of carbonyl (C=O) groups excluding carboxylic acids is 1. The Bertz CT molecular complexity index is 605. The van der Waals surface area contributed by atoms with Crippen LogP contribution >= 0.6 is 0 Å². The number of fused-ring (bicyclic) bond motifs is 1. The van der Waals surface area contributed by atoms with Crippen LogP contribution in [-0.2, 0) is 11.2 Å². The summed E-state index contributed by atoms with van der Waals surface area (Å²) in [5.74, 6) is 0.762. The fraction of sp³-hybridized carbons (Fsp3) is 0.529. The lowest BCUT2D eigenvalue weighted by atomic mass is 10.0. The first-order valence-corrected chi connectivity index (χ1v) is 8.07. The molecule has 5 nitrogen and oxygen atoms in total. The highest BCUT2D eigenvalue weighted by Gasteiger charge is 2.20. The van der Waals surface area contributed by atoms with E-state index >= 15 is 0 Å². The van der Waals surface area contributed by atoms with Gasteiger partial charge >= 0.3 is 0 Å². The summed E-state index contributed by atoms with van der Waals surface area (Å²) < 4.78 is 5.64. The number of carbonyl (C=O) groups is 1. The van der Waals surface area contributed by atoms with Crippen LogP contribution in [0.1, 0.15) is 32.1 Å². The molecule has 0 saturated carbocycles. The van der Waals surface area contributed by atoms with Crippen molar-refractivity contribution in [1.82, 2.24) is 15.2 Å². The molecule has 1 aromatic carbocycles. The first kappa shape index (κ1) is 15.0. The van der Waals surface area contributed by atoms with Crippen molar-refractivity contribution in [3.8, 4) is 0 Å². The van der Waals surface area contributed by atoms with Crippen LogP contribution in [-0.4, -0.2) is 41.5 Å². The van der Waals surface area contributed by atoms with Gasteiger partial charge in [0.2, 0.25) is 5.91 Å². The van der Waals surface area contributed by atoms with Gasteiger partial charge in [-0.05, 0) is 38.4 Å². The Hall–Kier alpha value is -1.88. The first-order chi connectivity index (χ1) is 10.7. The third-order valence-corrected chi connectivity index (χ3v) is 4.29. The van der Waals surface area contributed by atoms with Crippen LogP contribution in [0.2, 0.25) is 0 Å². The van der Waals surface area contributed by atoms with E-state index in [0.29, 0.717) is 31.4 Å². The highest BCUT2D eigenvalue weighted by atomic mass is 16.3. The number of oxazole rings is 1. The van der Waals surface area contributed by atoms with Crippen molar-refractivity contribution in [2.45, 2.75) is 38.6 Å². The van der Waals surface area contributed by atoms with Crippen LogP contribution in [0.3, 0.4) is 0 Å². The normalized spacial score (nSPS) is 19.4. The fourth-order valence-corrected chi connectivity index (χ4v) is 2.97. The van der Waals surface area contributed by atoms with Crippen LogP contribution in [0.4, 0.5) is 0 Å². The van der Waals surface area contributed by atoms with Gasteiger partial charge in [0, 0.05) is 19.0 Å². The van der Waals surface area contributed by atoms with Gasteiger partial charge in [-0.3, -0.25) is 9.69 Å². The predicted octanol–water partition coefficient (Wildman–Crippen LogP) is 2.36. The number of para-hydroxylation sites is 2. The molecular weight excluding hydrogens is 278 g/mol. The zero-order chi connectivity index (χ0) is 15.4. The molecule has 0 spiro atoms. The Labute approximate surface area is 130 Å². The maximum Gasteiger partial charge on any atom is 0.234 e. The lowest BCUT2D eigenvalue weighted by Crippen LogP contribution is -2.44. The molecule has 0 unspecified atom stereocenters. The molecule has 1 saturated heterocycles. The summed E-state index contributed by atoms with van der Waals surface area (Å²) in [7, 11) is 0. The largest absolute Gasteiger partial charge is 0.441 e. The van der Waals surface area contributed by atoms with E-state index in [-0.39, 0.29) is 5.91 Å². The van der Waals surface area contributed by atoms with Crippen LogP contribution in [0.25, 0.3) is 11.1 Å². The summed E-state index contributed by atoms with van der Waals surface area (Å²) in [5, 5.41) is 2.96. The number of nitrogens with zero attached hydrogens (tertiary/aromatic N) is 2. The highest BCUT2D eigenvalue weighted by Crippen LogP contribution is 2.16. The van der Waals surface area contributed by atoms with Gasteiger partial charge in [0.1, 0.15) is 5.52 Å². The molecule has 22 heavy (non-hydrogen) atoms. The zero-order valence-electron chi connectivity index (χ0n) is 13.0. The second kappa shape index (κ2) is 6.92. The van der Waals surface area contributed by atoms with Crippen LogP contribution in [0, 0.1) is 0 Å². The number of piperidine rings is 1. The lowest BCUT2D eigenvalue weighted by molar-refractivity contribution is -0.123. The van der Waals surface area contributed by atoms with Crippen molar-refractivity contribution >= 4 is 17.0 Å². The SMILES string of the molecule is C[C@H]1CCCCN1CC(=O)NCCc1nc2ccccc2o1. The van der Waals surface area contributed by atoms with Crippen molar-refractivity contribution < 1.29 is 9.21 Å². The van der Waals surface area contributed by atoms with Crippen molar-refractivity contribution in [1.29, 1.82) is 0 Å². The average molecular weight is 301 g/mol. The summed E-state index contributed by atoms with van der Waals surface area (Å²) in [6, 6.07) is 8.21. The topological polar surface area (TPSA) is 58.4 Å². The molecule has 2 aromatic rings. The van der Waals surface area contributed by atoms with Gasteiger partial charge in [-0.25, -0.2) is 4.98 Å². The quantitative estimate of drug-likeness (QED) is 0.921. The summed E-state index contributed by atoms with van der Waals surface area (Å²) in [6.07, 6.45) is 4.28. The molecule has 1 aliphatic heterocycles. The Kier molecular flexibility index (Phi) is 4.73. The summed E-state index contributed by atoms with van der Waals surface area (Å²) in [6.45, 7) is 4.28. The molecule has 0 bridgehead atoms. The van der Waals surface area contributed by atoms with Crippen molar-refractivity contribution in [3.05, 3.63) is 30.2 Å². The molecule has 2 heterocycles. The van der Waals surface area contributed by atoms with Gasteiger partial charge in [0.25, 0.3) is 0 Å². The molecule has 1 aliphatic rings. The van der Waals surface area contributed by atoms with Gasteiger partial charge in [0.05, 0.1) is 6.54 Å². The van der Waals surface area contributed by atoms with Gasteiger partial charge in [-0.1, -0.05) is 18.6 Å².